The molecule has 0 unspecified atom stereocenters. The molecule has 6 heteroatoms. The van der Waals surface area contributed by atoms with Crippen molar-refractivity contribution in [3.05, 3.63) is 17.5 Å². The number of carboxylic acids is 1. The van der Waals surface area contributed by atoms with Crippen molar-refractivity contribution in [3.63, 3.8) is 0 Å². The molecule has 0 atom stereocenters. The topological polar surface area (TPSA) is 84.2 Å². The van der Waals surface area contributed by atoms with Crippen molar-refractivity contribution < 1.29 is 14.7 Å². The zero-order chi connectivity index (χ0) is 13.5. The van der Waals surface area contributed by atoms with Crippen LogP contribution in [0.3, 0.4) is 0 Å². The van der Waals surface area contributed by atoms with Crippen molar-refractivity contribution in [3.8, 4) is 0 Å². The van der Waals surface area contributed by atoms with Crippen LogP contribution in [0.1, 0.15) is 53.5 Å². The van der Waals surface area contributed by atoms with Crippen LogP contribution in [-0.2, 0) is 7.05 Å². The van der Waals surface area contributed by atoms with Gasteiger partial charge in [-0.1, -0.05) is 26.2 Å². The van der Waals surface area contributed by atoms with Crippen LogP contribution in [0.5, 0.6) is 0 Å². The molecule has 2 N–H and O–H groups in total. The zero-order valence-electron chi connectivity index (χ0n) is 10.8. The molecule has 0 fully saturated rings. The highest BCUT2D eigenvalue weighted by molar-refractivity contribution is 6.03. The maximum Gasteiger partial charge on any atom is 0.339 e. The first kappa shape index (κ1) is 14.2. The van der Waals surface area contributed by atoms with Gasteiger partial charge in [-0.2, -0.15) is 5.10 Å². The highest BCUT2D eigenvalue weighted by Crippen LogP contribution is 2.06. The second-order valence-corrected chi connectivity index (χ2v) is 4.19. The Hall–Kier alpha value is -1.85. The van der Waals surface area contributed by atoms with Gasteiger partial charge in [0.05, 0.1) is 0 Å². The quantitative estimate of drug-likeness (QED) is 0.720. The highest BCUT2D eigenvalue weighted by atomic mass is 16.4. The van der Waals surface area contributed by atoms with E-state index >= 15 is 0 Å². The number of aromatic carboxylic acids is 1. The lowest BCUT2D eigenvalue weighted by molar-refractivity contribution is 0.0691. The maximum absolute atomic E-state index is 11.8. The van der Waals surface area contributed by atoms with Crippen LogP contribution in [-0.4, -0.2) is 33.3 Å². The van der Waals surface area contributed by atoms with Crippen LogP contribution in [0, 0.1) is 0 Å². The standard InChI is InChI=1S/C12H19N3O3/c1-3-4-5-6-7-13-11(16)10-9(12(17)18)8-15(2)14-10/h8H,3-7H2,1-2H3,(H,13,16)(H,17,18). The monoisotopic (exact) mass is 253 g/mol. The van der Waals surface area contributed by atoms with Crippen molar-refractivity contribution in [2.24, 2.45) is 7.05 Å². The average Bonchev–Trinajstić information content (AvgIpc) is 2.71. The molecule has 100 valence electrons. The number of rotatable bonds is 7. The minimum Gasteiger partial charge on any atom is -0.478 e. The summed E-state index contributed by atoms with van der Waals surface area (Å²) in [7, 11) is 1.59. The second-order valence-electron chi connectivity index (χ2n) is 4.19. The third-order valence-corrected chi connectivity index (χ3v) is 2.59. The molecule has 0 saturated carbocycles. The average molecular weight is 253 g/mol. The highest BCUT2D eigenvalue weighted by Gasteiger charge is 2.20. The van der Waals surface area contributed by atoms with Gasteiger partial charge in [-0.25, -0.2) is 4.79 Å². The predicted molar refractivity (Wildman–Crippen MR) is 66.6 cm³/mol. The number of hydrogen-bond acceptors (Lipinski definition) is 3. The molecule has 18 heavy (non-hydrogen) atoms. The molecule has 1 rings (SSSR count). The molecule has 6 nitrogen and oxygen atoms in total. The fraction of sp³-hybridized carbons (Fsp3) is 0.583. The molecule has 0 aliphatic heterocycles. The van der Waals surface area contributed by atoms with Crippen LogP contribution in [0.4, 0.5) is 0 Å². The summed E-state index contributed by atoms with van der Waals surface area (Å²) in [5.41, 5.74) is -0.0935. The minimum absolute atomic E-state index is 0.0273. The summed E-state index contributed by atoms with van der Waals surface area (Å²) in [6.07, 6.45) is 5.56. The van der Waals surface area contributed by atoms with Gasteiger partial charge in [-0.05, 0) is 6.42 Å². The SMILES string of the molecule is CCCCCCNC(=O)c1nn(C)cc1C(=O)O. The number of nitrogens with one attached hydrogen (secondary N) is 1. The number of carbonyl (C=O) groups excluding carboxylic acids is 1. The maximum atomic E-state index is 11.8. The zero-order valence-corrected chi connectivity index (χ0v) is 10.8. The van der Waals surface area contributed by atoms with Crippen LogP contribution >= 0.6 is 0 Å². The molecule has 1 heterocycles. The van der Waals surface area contributed by atoms with E-state index in [1.165, 1.54) is 10.9 Å². The minimum atomic E-state index is -1.14. The van der Waals surface area contributed by atoms with E-state index in [9.17, 15) is 9.59 Å². The van der Waals surface area contributed by atoms with E-state index < -0.39 is 11.9 Å². The Kier molecular flexibility index (Phi) is 5.35. The van der Waals surface area contributed by atoms with Gasteiger partial charge in [-0.3, -0.25) is 9.48 Å². The first-order valence-electron chi connectivity index (χ1n) is 6.11. The molecular weight excluding hydrogens is 234 g/mol. The largest absolute Gasteiger partial charge is 0.478 e. The number of carbonyl (C=O) groups is 2. The Morgan fingerprint density at radius 1 is 1.39 bits per heavy atom. The molecule has 1 aromatic heterocycles. The van der Waals surface area contributed by atoms with Crippen molar-refractivity contribution in [1.82, 2.24) is 15.1 Å². The Labute approximate surface area is 106 Å². The number of nitrogens with zero attached hydrogens (tertiary/aromatic N) is 2. The lowest BCUT2D eigenvalue weighted by Crippen LogP contribution is -2.26. The van der Waals surface area contributed by atoms with Crippen LogP contribution < -0.4 is 5.32 Å². The van der Waals surface area contributed by atoms with Crippen LogP contribution in [0.25, 0.3) is 0 Å². The predicted octanol–water partition coefficient (Wildman–Crippen LogP) is 1.43. The number of unbranched alkanes of at least 4 members (excludes halogenated alkanes) is 3. The second kappa shape index (κ2) is 6.78. The first-order chi connectivity index (χ1) is 8.56. The molecule has 0 bridgehead atoms. The molecular formula is C12H19N3O3. The third kappa shape index (κ3) is 3.87. The van der Waals surface area contributed by atoms with Gasteiger partial charge >= 0.3 is 5.97 Å². The third-order valence-electron chi connectivity index (χ3n) is 2.59. The summed E-state index contributed by atoms with van der Waals surface area (Å²) < 4.78 is 1.33. The molecule has 0 saturated heterocycles. The summed E-state index contributed by atoms with van der Waals surface area (Å²) in [6.45, 7) is 2.67. The number of hydrogen-bond donors (Lipinski definition) is 2. The summed E-state index contributed by atoms with van der Waals surface area (Å²) in [6, 6.07) is 0. The molecule has 1 aromatic rings. The summed E-state index contributed by atoms with van der Waals surface area (Å²) >= 11 is 0. The number of aryl methyl sites for hydroxylation is 1. The van der Waals surface area contributed by atoms with E-state index in [-0.39, 0.29) is 11.3 Å². The lowest BCUT2D eigenvalue weighted by Gasteiger charge is -2.03. The van der Waals surface area contributed by atoms with Crippen LogP contribution in [0.2, 0.25) is 0 Å². The Balaban J connectivity index is 2.53. The van der Waals surface area contributed by atoms with Crippen molar-refractivity contribution in [1.29, 1.82) is 0 Å². The molecule has 0 aromatic carbocycles. The van der Waals surface area contributed by atoms with E-state index in [2.05, 4.69) is 17.3 Å². The Bertz CT molecular complexity index is 426. The van der Waals surface area contributed by atoms with Gasteiger partial charge in [-0.15, -0.1) is 0 Å². The van der Waals surface area contributed by atoms with E-state index in [0.29, 0.717) is 6.54 Å². The summed E-state index contributed by atoms with van der Waals surface area (Å²) in [4.78, 5) is 22.7. The fourth-order valence-corrected chi connectivity index (χ4v) is 1.65. The molecule has 0 radical (unpaired) electrons. The summed E-state index contributed by atoms with van der Waals surface area (Å²) in [5.74, 6) is -1.57. The normalized spacial score (nSPS) is 10.3. The number of amides is 1. The van der Waals surface area contributed by atoms with E-state index in [0.717, 1.165) is 25.7 Å². The fourth-order valence-electron chi connectivity index (χ4n) is 1.65. The van der Waals surface area contributed by atoms with E-state index in [4.69, 9.17) is 5.11 Å². The summed E-state index contributed by atoms with van der Waals surface area (Å²) in [5, 5.41) is 15.5. The Morgan fingerprint density at radius 2 is 2.11 bits per heavy atom. The molecule has 0 spiro atoms. The van der Waals surface area contributed by atoms with Gasteiger partial charge < -0.3 is 10.4 Å². The number of carboxylic acid groups (broad SMARTS) is 1. The smallest absolute Gasteiger partial charge is 0.339 e. The number of aromatic nitrogens is 2. The van der Waals surface area contributed by atoms with Crippen molar-refractivity contribution in [2.75, 3.05) is 6.54 Å². The van der Waals surface area contributed by atoms with Gasteiger partial charge in [0.15, 0.2) is 5.69 Å². The van der Waals surface area contributed by atoms with E-state index in [1.54, 1.807) is 7.05 Å². The molecule has 0 aliphatic carbocycles. The van der Waals surface area contributed by atoms with Crippen molar-refractivity contribution >= 4 is 11.9 Å². The lowest BCUT2D eigenvalue weighted by atomic mass is 10.2. The first-order valence-corrected chi connectivity index (χ1v) is 6.11. The van der Waals surface area contributed by atoms with Crippen molar-refractivity contribution in [2.45, 2.75) is 32.6 Å². The van der Waals surface area contributed by atoms with Gasteiger partial charge in [0.25, 0.3) is 5.91 Å². The van der Waals surface area contributed by atoms with Gasteiger partial charge in [0.1, 0.15) is 5.56 Å². The Morgan fingerprint density at radius 3 is 2.72 bits per heavy atom. The van der Waals surface area contributed by atoms with Gasteiger partial charge in [0.2, 0.25) is 0 Å². The van der Waals surface area contributed by atoms with Gasteiger partial charge in [0, 0.05) is 19.8 Å². The molecule has 1 amide bonds. The molecule has 0 aliphatic rings. The van der Waals surface area contributed by atoms with E-state index in [1.807, 2.05) is 0 Å². The van der Waals surface area contributed by atoms with Crippen LogP contribution in [0.15, 0.2) is 6.20 Å².